The molecular weight excluding hydrogens is 376 g/mol. The van der Waals surface area contributed by atoms with Gasteiger partial charge < -0.3 is 19.5 Å². The van der Waals surface area contributed by atoms with E-state index >= 15 is 0 Å². The maximum absolute atomic E-state index is 12.3. The Morgan fingerprint density at radius 2 is 1.66 bits per heavy atom. The molecule has 2 aromatic carbocycles. The highest BCUT2D eigenvalue weighted by Gasteiger charge is 2.11. The molecule has 0 unspecified atom stereocenters. The molecule has 0 saturated heterocycles. The van der Waals surface area contributed by atoms with Crippen LogP contribution in [0.5, 0.6) is 5.75 Å². The molecule has 0 bridgehead atoms. The monoisotopic (exact) mass is 394 g/mol. The molecule has 0 aromatic heterocycles. The quantitative estimate of drug-likeness (QED) is 0.436. The summed E-state index contributed by atoms with van der Waals surface area (Å²) in [7, 11) is 2.54. The van der Waals surface area contributed by atoms with Gasteiger partial charge in [-0.15, -0.1) is 0 Å². The third-order valence-corrected chi connectivity index (χ3v) is 3.70. The standard InChI is InChI=1S/C21H18N2O6/c1-27-19(24)13-29-18-9-3-14(4-10-18)11-16(12-22)20(25)23-17-7-5-15(6-8-17)21(26)28-2/h3-11H,13H2,1-2H3,(H,23,25)/b16-11+. The summed E-state index contributed by atoms with van der Waals surface area (Å²) >= 11 is 0. The van der Waals surface area contributed by atoms with Crippen LogP contribution in [-0.4, -0.2) is 38.7 Å². The molecule has 1 N–H and O–H groups in total. The van der Waals surface area contributed by atoms with E-state index in [9.17, 15) is 19.6 Å². The van der Waals surface area contributed by atoms with Gasteiger partial charge in [0.1, 0.15) is 17.4 Å². The molecule has 0 fully saturated rings. The Morgan fingerprint density at radius 3 is 2.21 bits per heavy atom. The van der Waals surface area contributed by atoms with Crippen LogP contribution in [0.4, 0.5) is 5.69 Å². The van der Waals surface area contributed by atoms with Gasteiger partial charge in [0.05, 0.1) is 19.8 Å². The average molecular weight is 394 g/mol. The summed E-state index contributed by atoms with van der Waals surface area (Å²) in [6.45, 7) is -0.216. The number of anilines is 1. The number of hydrogen-bond donors (Lipinski definition) is 1. The topological polar surface area (TPSA) is 115 Å². The van der Waals surface area contributed by atoms with Gasteiger partial charge in [0, 0.05) is 5.69 Å². The largest absolute Gasteiger partial charge is 0.482 e. The lowest BCUT2D eigenvalue weighted by molar-refractivity contribution is -0.142. The molecule has 0 spiro atoms. The zero-order valence-electron chi connectivity index (χ0n) is 15.8. The predicted molar refractivity (Wildman–Crippen MR) is 104 cm³/mol. The van der Waals surface area contributed by atoms with Crippen LogP contribution in [0.25, 0.3) is 6.08 Å². The summed E-state index contributed by atoms with van der Waals surface area (Å²) in [5, 5.41) is 11.9. The average Bonchev–Trinajstić information content (AvgIpc) is 2.76. The molecular formula is C21H18N2O6. The number of nitrogens with one attached hydrogen (secondary N) is 1. The van der Waals surface area contributed by atoms with E-state index in [4.69, 9.17) is 4.74 Å². The summed E-state index contributed by atoms with van der Waals surface area (Å²) in [6, 6.07) is 14.4. The van der Waals surface area contributed by atoms with E-state index in [1.807, 2.05) is 6.07 Å². The van der Waals surface area contributed by atoms with Gasteiger partial charge in [0.25, 0.3) is 5.91 Å². The molecule has 0 heterocycles. The minimum absolute atomic E-state index is 0.106. The van der Waals surface area contributed by atoms with Crippen molar-refractivity contribution in [3.05, 3.63) is 65.2 Å². The molecule has 8 heteroatoms. The van der Waals surface area contributed by atoms with Crippen molar-refractivity contribution >= 4 is 29.6 Å². The minimum atomic E-state index is -0.593. The Balaban J connectivity index is 2.05. The van der Waals surface area contributed by atoms with E-state index in [2.05, 4.69) is 14.8 Å². The highest BCUT2D eigenvalue weighted by molar-refractivity contribution is 6.09. The molecule has 2 aromatic rings. The predicted octanol–water partition coefficient (Wildman–Crippen LogP) is 2.57. The second-order valence-electron chi connectivity index (χ2n) is 5.63. The Morgan fingerprint density at radius 1 is 1.00 bits per heavy atom. The van der Waals surface area contributed by atoms with Crippen molar-refractivity contribution in [2.75, 3.05) is 26.1 Å². The van der Waals surface area contributed by atoms with Crippen molar-refractivity contribution in [2.24, 2.45) is 0 Å². The Kier molecular flexibility index (Phi) is 7.51. The van der Waals surface area contributed by atoms with Crippen LogP contribution in [0.3, 0.4) is 0 Å². The van der Waals surface area contributed by atoms with Gasteiger partial charge in [-0.2, -0.15) is 5.26 Å². The van der Waals surface area contributed by atoms with E-state index < -0.39 is 17.8 Å². The zero-order valence-corrected chi connectivity index (χ0v) is 15.8. The van der Waals surface area contributed by atoms with Crippen molar-refractivity contribution < 1.29 is 28.6 Å². The number of carbonyl (C=O) groups excluding carboxylic acids is 3. The second-order valence-corrected chi connectivity index (χ2v) is 5.63. The first kappa shape index (κ1) is 21.2. The lowest BCUT2D eigenvalue weighted by atomic mass is 10.1. The van der Waals surface area contributed by atoms with Crippen LogP contribution in [0, 0.1) is 11.3 Å². The van der Waals surface area contributed by atoms with Crippen molar-refractivity contribution in [1.82, 2.24) is 0 Å². The molecule has 0 aliphatic heterocycles. The smallest absolute Gasteiger partial charge is 0.343 e. The molecule has 29 heavy (non-hydrogen) atoms. The van der Waals surface area contributed by atoms with Gasteiger partial charge in [0.2, 0.25) is 0 Å². The van der Waals surface area contributed by atoms with Gasteiger partial charge in [-0.05, 0) is 48.0 Å². The fourth-order valence-electron chi connectivity index (χ4n) is 2.18. The minimum Gasteiger partial charge on any atom is -0.482 e. The number of esters is 2. The molecule has 0 radical (unpaired) electrons. The number of nitriles is 1. The Hall–Kier alpha value is -4.12. The Bertz CT molecular complexity index is 956. The third kappa shape index (κ3) is 6.22. The maximum atomic E-state index is 12.3. The van der Waals surface area contributed by atoms with E-state index in [0.717, 1.165) is 0 Å². The van der Waals surface area contributed by atoms with E-state index in [-0.39, 0.29) is 12.2 Å². The molecule has 1 amide bonds. The van der Waals surface area contributed by atoms with E-state index in [1.165, 1.54) is 44.6 Å². The maximum Gasteiger partial charge on any atom is 0.343 e. The van der Waals surface area contributed by atoms with Gasteiger partial charge >= 0.3 is 11.9 Å². The lowest BCUT2D eigenvalue weighted by Crippen LogP contribution is -2.13. The molecule has 0 aliphatic carbocycles. The van der Waals surface area contributed by atoms with Crippen molar-refractivity contribution in [1.29, 1.82) is 5.26 Å². The first-order chi connectivity index (χ1) is 14.0. The SMILES string of the molecule is COC(=O)COc1ccc(/C=C(\C#N)C(=O)Nc2ccc(C(=O)OC)cc2)cc1. The molecule has 2 rings (SSSR count). The zero-order chi connectivity index (χ0) is 21.2. The third-order valence-electron chi connectivity index (χ3n) is 3.70. The van der Waals surface area contributed by atoms with Crippen LogP contribution in [0.15, 0.2) is 54.1 Å². The number of ether oxygens (including phenoxy) is 3. The van der Waals surface area contributed by atoms with Crippen LogP contribution < -0.4 is 10.1 Å². The summed E-state index contributed by atoms with van der Waals surface area (Å²) in [5.41, 5.74) is 1.26. The fourth-order valence-corrected chi connectivity index (χ4v) is 2.18. The van der Waals surface area contributed by atoms with Crippen LogP contribution in [-0.2, 0) is 19.1 Å². The first-order valence-electron chi connectivity index (χ1n) is 8.38. The molecule has 0 saturated carbocycles. The normalized spacial score (nSPS) is 10.4. The number of benzene rings is 2. The highest BCUT2D eigenvalue weighted by atomic mass is 16.6. The first-order valence-corrected chi connectivity index (χ1v) is 8.38. The number of rotatable bonds is 7. The van der Waals surface area contributed by atoms with Crippen LogP contribution in [0.2, 0.25) is 0 Å². The van der Waals surface area contributed by atoms with Gasteiger partial charge in [-0.25, -0.2) is 9.59 Å². The fraction of sp³-hybridized carbons (Fsp3) is 0.143. The van der Waals surface area contributed by atoms with Gasteiger partial charge in [-0.1, -0.05) is 12.1 Å². The highest BCUT2D eigenvalue weighted by Crippen LogP contribution is 2.16. The van der Waals surface area contributed by atoms with Gasteiger partial charge in [-0.3, -0.25) is 4.79 Å². The summed E-state index contributed by atoms with van der Waals surface area (Å²) in [4.78, 5) is 34.8. The number of carbonyl (C=O) groups is 3. The Labute approximate surface area is 167 Å². The molecule has 0 atom stereocenters. The van der Waals surface area contributed by atoms with E-state index in [0.29, 0.717) is 22.6 Å². The lowest BCUT2D eigenvalue weighted by Gasteiger charge is -2.06. The van der Waals surface area contributed by atoms with E-state index in [1.54, 1.807) is 24.3 Å². The number of methoxy groups -OCH3 is 2. The van der Waals surface area contributed by atoms with Crippen molar-refractivity contribution in [3.63, 3.8) is 0 Å². The van der Waals surface area contributed by atoms with Crippen molar-refractivity contribution in [3.8, 4) is 11.8 Å². The van der Waals surface area contributed by atoms with Crippen LogP contribution in [0.1, 0.15) is 15.9 Å². The summed E-state index contributed by atoms with van der Waals surface area (Å²) in [5.74, 6) is -1.14. The summed E-state index contributed by atoms with van der Waals surface area (Å²) in [6.07, 6.45) is 1.42. The molecule has 8 nitrogen and oxygen atoms in total. The van der Waals surface area contributed by atoms with Crippen molar-refractivity contribution in [2.45, 2.75) is 0 Å². The summed E-state index contributed by atoms with van der Waals surface area (Å²) < 4.78 is 14.3. The second kappa shape index (κ2) is 10.3. The molecule has 0 aliphatic rings. The number of hydrogen-bond acceptors (Lipinski definition) is 7. The van der Waals surface area contributed by atoms with Crippen LogP contribution >= 0.6 is 0 Å². The number of amides is 1. The molecule has 148 valence electrons. The van der Waals surface area contributed by atoms with Gasteiger partial charge in [0.15, 0.2) is 6.61 Å². The number of nitrogens with zero attached hydrogens (tertiary/aromatic N) is 1.